The van der Waals surface area contributed by atoms with Crippen molar-refractivity contribution in [2.75, 3.05) is 23.7 Å². The molecule has 0 bridgehead atoms. The SMILES string of the molecule is Cn1cc(NC(=O)c2cnn3ccc(NCC4CC4)nc23)c(-c2cccc(Cl)c2)n1.O=C(CN1C(=O)c2ccccc2C1=O)c1cccc(Cl)c1. The van der Waals surface area contributed by atoms with Crippen molar-refractivity contribution >= 4 is 63.9 Å². The van der Waals surface area contributed by atoms with Crippen molar-refractivity contribution in [1.82, 2.24) is 29.3 Å². The van der Waals surface area contributed by atoms with Crippen molar-refractivity contribution in [3.05, 3.63) is 130 Å². The number of Topliss-reactive ketones (excluding diaryl/α,β-unsaturated/α-hetero) is 1. The Hall–Kier alpha value is -5.85. The first-order chi connectivity index (χ1) is 24.6. The van der Waals surface area contributed by atoms with Gasteiger partial charge in [0.05, 0.1) is 29.6 Å². The second-order valence-electron chi connectivity index (χ2n) is 12.2. The van der Waals surface area contributed by atoms with Gasteiger partial charge in [0.15, 0.2) is 11.4 Å². The Labute approximate surface area is 302 Å². The normalized spacial score (nSPS) is 13.5. The molecule has 256 valence electrons. The summed E-state index contributed by atoms with van der Waals surface area (Å²) < 4.78 is 3.25. The second kappa shape index (κ2) is 14.2. The molecule has 14 heteroatoms. The average molecular weight is 722 g/mol. The molecule has 12 nitrogen and oxygen atoms in total. The van der Waals surface area contributed by atoms with E-state index in [1.54, 1.807) is 77.2 Å². The number of amides is 3. The van der Waals surface area contributed by atoms with Crippen LogP contribution in [0.5, 0.6) is 0 Å². The number of aryl methyl sites for hydroxylation is 1. The molecule has 3 aromatic carbocycles. The first kappa shape index (κ1) is 33.6. The van der Waals surface area contributed by atoms with E-state index in [0.717, 1.165) is 28.7 Å². The predicted molar refractivity (Wildman–Crippen MR) is 193 cm³/mol. The highest BCUT2D eigenvalue weighted by Crippen LogP contribution is 2.30. The standard InChI is InChI=1S/C21H20ClN7O.C16H10ClNO3/c1-28-12-17(19(27-28)14-3-2-4-15(22)9-14)25-21(30)16-11-24-29-8-7-18(26-20(16)29)23-10-13-5-6-13;17-11-5-3-4-10(8-11)14(19)9-18-15(20)12-6-1-2-7-13(12)16(18)21/h2-4,7-9,11-13H,5-6,10H2,1H3,(H,23,26)(H,25,30);1-8H,9H2. The first-order valence-electron chi connectivity index (χ1n) is 16.1. The van der Waals surface area contributed by atoms with Gasteiger partial charge < -0.3 is 10.6 Å². The average Bonchev–Trinajstić information content (AvgIpc) is 3.68. The fourth-order valence-electron chi connectivity index (χ4n) is 5.60. The van der Waals surface area contributed by atoms with Crippen molar-refractivity contribution in [2.45, 2.75) is 12.8 Å². The van der Waals surface area contributed by atoms with Crippen LogP contribution in [0.3, 0.4) is 0 Å². The highest BCUT2D eigenvalue weighted by atomic mass is 35.5. The lowest BCUT2D eigenvalue weighted by atomic mass is 10.1. The number of ketones is 1. The molecule has 4 heterocycles. The van der Waals surface area contributed by atoms with E-state index in [1.807, 2.05) is 24.3 Å². The highest BCUT2D eigenvalue weighted by Gasteiger charge is 2.36. The topological polar surface area (TPSA) is 144 Å². The molecule has 6 aromatic rings. The molecule has 2 N–H and O–H groups in total. The molecule has 0 unspecified atom stereocenters. The third-order valence-corrected chi connectivity index (χ3v) is 8.85. The van der Waals surface area contributed by atoms with E-state index in [0.29, 0.717) is 49.3 Å². The number of fused-ring (bicyclic) bond motifs is 2. The van der Waals surface area contributed by atoms with Crippen molar-refractivity contribution in [3.8, 4) is 11.3 Å². The van der Waals surface area contributed by atoms with E-state index >= 15 is 0 Å². The lowest BCUT2D eigenvalue weighted by molar-refractivity contribution is 0.0624. The van der Waals surface area contributed by atoms with E-state index in [1.165, 1.54) is 25.1 Å². The van der Waals surface area contributed by atoms with Crippen LogP contribution in [-0.2, 0) is 7.05 Å². The fourth-order valence-corrected chi connectivity index (χ4v) is 5.98. The lowest BCUT2D eigenvalue weighted by Crippen LogP contribution is -2.34. The van der Waals surface area contributed by atoms with Crippen molar-refractivity contribution in [1.29, 1.82) is 0 Å². The van der Waals surface area contributed by atoms with Gasteiger partial charge in [-0.05, 0) is 61.2 Å². The van der Waals surface area contributed by atoms with E-state index in [4.69, 9.17) is 23.2 Å². The molecule has 8 rings (SSSR count). The summed E-state index contributed by atoms with van der Waals surface area (Å²) in [4.78, 5) is 55.1. The summed E-state index contributed by atoms with van der Waals surface area (Å²) >= 11 is 12.0. The molecule has 3 aromatic heterocycles. The Morgan fingerprint density at radius 3 is 2.29 bits per heavy atom. The Morgan fingerprint density at radius 1 is 0.902 bits per heavy atom. The zero-order chi connectivity index (χ0) is 35.6. The Bertz CT molecular complexity index is 2300. The molecule has 1 aliphatic heterocycles. The number of benzene rings is 3. The van der Waals surface area contributed by atoms with Gasteiger partial charge in [0, 0.05) is 47.2 Å². The number of nitrogens with zero attached hydrogens (tertiary/aromatic N) is 6. The van der Waals surface area contributed by atoms with E-state index in [2.05, 4.69) is 25.8 Å². The van der Waals surface area contributed by atoms with Gasteiger partial charge in [-0.2, -0.15) is 10.2 Å². The number of aromatic nitrogens is 5. The minimum absolute atomic E-state index is 0.285. The minimum Gasteiger partial charge on any atom is -0.370 e. The van der Waals surface area contributed by atoms with Gasteiger partial charge in [-0.25, -0.2) is 9.50 Å². The summed E-state index contributed by atoms with van der Waals surface area (Å²) in [6, 6.07) is 22.2. The third kappa shape index (κ3) is 7.37. The summed E-state index contributed by atoms with van der Waals surface area (Å²) in [5.74, 6) is -0.0341. The van der Waals surface area contributed by atoms with Crippen LogP contribution < -0.4 is 10.6 Å². The number of halogens is 2. The van der Waals surface area contributed by atoms with Gasteiger partial charge in [-0.1, -0.05) is 59.6 Å². The summed E-state index contributed by atoms with van der Waals surface area (Å²) in [5, 5.41) is 16.0. The zero-order valence-corrected chi connectivity index (χ0v) is 28.7. The number of imide groups is 1. The number of carbonyl (C=O) groups excluding carboxylic acids is 4. The van der Waals surface area contributed by atoms with Crippen LogP contribution in [0.2, 0.25) is 10.0 Å². The molecule has 51 heavy (non-hydrogen) atoms. The number of anilines is 2. The molecule has 2 aliphatic rings. The van der Waals surface area contributed by atoms with Crippen molar-refractivity contribution in [2.24, 2.45) is 13.0 Å². The van der Waals surface area contributed by atoms with Gasteiger partial charge >= 0.3 is 0 Å². The van der Waals surface area contributed by atoms with Crippen LogP contribution in [0.4, 0.5) is 11.5 Å². The predicted octanol–water partition coefficient (Wildman–Crippen LogP) is 6.68. The molecular weight excluding hydrogens is 691 g/mol. The van der Waals surface area contributed by atoms with E-state index < -0.39 is 11.8 Å². The van der Waals surface area contributed by atoms with E-state index in [9.17, 15) is 19.2 Å². The Balaban J connectivity index is 0.000000170. The molecule has 1 fully saturated rings. The number of hydrogen-bond acceptors (Lipinski definition) is 8. The quantitative estimate of drug-likeness (QED) is 0.124. The van der Waals surface area contributed by atoms with Gasteiger partial charge in [-0.3, -0.25) is 28.8 Å². The molecule has 1 aliphatic carbocycles. The molecule has 0 radical (unpaired) electrons. The summed E-state index contributed by atoms with van der Waals surface area (Å²) in [7, 11) is 1.80. The maximum absolute atomic E-state index is 13.0. The van der Waals surface area contributed by atoms with Crippen LogP contribution in [0.25, 0.3) is 16.9 Å². The molecule has 0 saturated heterocycles. The van der Waals surface area contributed by atoms with Crippen LogP contribution >= 0.6 is 23.2 Å². The summed E-state index contributed by atoms with van der Waals surface area (Å²) in [6.07, 6.45) is 7.61. The number of nitrogens with one attached hydrogen (secondary N) is 2. The number of rotatable bonds is 9. The van der Waals surface area contributed by atoms with Gasteiger partial charge in [0.25, 0.3) is 17.7 Å². The summed E-state index contributed by atoms with van der Waals surface area (Å²) in [5.41, 5.74) is 3.99. The van der Waals surface area contributed by atoms with Crippen LogP contribution in [-0.4, -0.2) is 65.9 Å². The minimum atomic E-state index is -0.439. The van der Waals surface area contributed by atoms with E-state index in [-0.39, 0.29) is 18.2 Å². The second-order valence-corrected chi connectivity index (χ2v) is 13.0. The Morgan fingerprint density at radius 2 is 1.61 bits per heavy atom. The summed E-state index contributed by atoms with van der Waals surface area (Å²) in [6.45, 7) is 0.615. The zero-order valence-electron chi connectivity index (χ0n) is 27.2. The van der Waals surface area contributed by atoms with Crippen LogP contribution in [0.1, 0.15) is 54.3 Å². The van der Waals surface area contributed by atoms with Crippen LogP contribution in [0.15, 0.2) is 97.5 Å². The van der Waals surface area contributed by atoms with Gasteiger partial charge in [0.2, 0.25) is 0 Å². The van der Waals surface area contributed by atoms with Gasteiger partial charge in [-0.15, -0.1) is 0 Å². The molecule has 0 spiro atoms. The maximum atomic E-state index is 13.0. The van der Waals surface area contributed by atoms with Crippen molar-refractivity contribution in [3.63, 3.8) is 0 Å². The number of hydrogen-bond donors (Lipinski definition) is 2. The maximum Gasteiger partial charge on any atom is 0.261 e. The smallest absolute Gasteiger partial charge is 0.261 e. The van der Waals surface area contributed by atoms with Gasteiger partial charge in [0.1, 0.15) is 17.1 Å². The Kier molecular flexibility index (Phi) is 9.35. The van der Waals surface area contributed by atoms with Crippen LogP contribution in [0, 0.1) is 5.92 Å². The molecule has 3 amide bonds. The third-order valence-electron chi connectivity index (χ3n) is 8.38. The molecule has 1 saturated carbocycles. The molecule has 0 atom stereocenters. The first-order valence-corrected chi connectivity index (χ1v) is 16.8. The highest BCUT2D eigenvalue weighted by molar-refractivity contribution is 6.31. The largest absolute Gasteiger partial charge is 0.370 e. The number of carbonyl (C=O) groups is 4. The lowest BCUT2D eigenvalue weighted by Gasteiger charge is -2.12. The fraction of sp³-hybridized carbons (Fsp3) is 0.162. The molecular formula is C37H30Cl2N8O4. The monoisotopic (exact) mass is 720 g/mol. The van der Waals surface area contributed by atoms with Crippen molar-refractivity contribution < 1.29 is 19.2 Å².